The van der Waals surface area contributed by atoms with E-state index in [0.29, 0.717) is 0 Å². The number of hydrogen-bond donors (Lipinski definition) is 2. The van der Waals surface area contributed by atoms with E-state index in [1.807, 2.05) is 0 Å². The molecule has 1 amide bonds. The second-order valence-electron chi connectivity index (χ2n) is 4.38. The van der Waals surface area contributed by atoms with E-state index in [2.05, 4.69) is 26.2 Å². The van der Waals surface area contributed by atoms with Crippen molar-refractivity contribution in [1.29, 1.82) is 0 Å². The van der Waals surface area contributed by atoms with Gasteiger partial charge in [0.25, 0.3) is 5.56 Å². The maximum atomic E-state index is 11.7. The molecule has 2 rings (SSSR count). The fraction of sp³-hybridized carbons (Fsp3) is 0.545. The van der Waals surface area contributed by atoms with Gasteiger partial charge in [-0.25, -0.2) is 9.36 Å². The van der Waals surface area contributed by atoms with E-state index in [0.717, 1.165) is 30.3 Å². The van der Waals surface area contributed by atoms with E-state index in [9.17, 15) is 14.4 Å². The molecule has 1 aliphatic rings. The van der Waals surface area contributed by atoms with Crippen molar-refractivity contribution in [3.8, 4) is 0 Å². The zero-order chi connectivity index (χ0) is 13.1. The first kappa shape index (κ1) is 13.1. The lowest BCUT2D eigenvalue weighted by Gasteiger charge is -2.12. The predicted molar refractivity (Wildman–Crippen MR) is 69.4 cm³/mol. The van der Waals surface area contributed by atoms with Crippen molar-refractivity contribution in [2.45, 2.75) is 38.3 Å². The summed E-state index contributed by atoms with van der Waals surface area (Å²) >= 11 is 3.02. The first-order valence-electron chi connectivity index (χ1n) is 5.85. The number of carbonyl (C=O) groups excluding carboxylic acids is 1. The quantitative estimate of drug-likeness (QED) is 0.844. The molecule has 2 N–H and O–H groups in total. The van der Waals surface area contributed by atoms with E-state index in [1.54, 1.807) is 0 Å². The first-order valence-corrected chi connectivity index (χ1v) is 6.64. The number of H-pyrrole nitrogens is 1. The Labute approximate surface area is 112 Å². The Morgan fingerprint density at radius 2 is 2.11 bits per heavy atom. The van der Waals surface area contributed by atoms with Gasteiger partial charge in [-0.1, -0.05) is 12.8 Å². The van der Waals surface area contributed by atoms with Crippen LogP contribution in [-0.2, 0) is 11.3 Å². The molecule has 1 saturated carbocycles. The normalized spacial score (nSPS) is 15.8. The van der Waals surface area contributed by atoms with Gasteiger partial charge in [-0.3, -0.25) is 9.59 Å². The molecule has 7 heteroatoms. The van der Waals surface area contributed by atoms with Gasteiger partial charge < -0.3 is 10.3 Å². The highest BCUT2D eigenvalue weighted by Gasteiger charge is 2.18. The molecule has 0 spiro atoms. The van der Waals surface area contributed by atoms with Crippen LogP contribution in [0.4, 0.5) is 0 Å². The molecule has 0 radical (unpaired) electrons. The molecule has 1 aromatic heterocycles. The molecular formula is C11H14BrN3O3. The Morgan fingerprint density at radius 3 is 2.78 bits per heavy atom. The van der Waals surface area contributed by atoms with E-state index in [4.69, 9.17) is 0 Å². The third-order valence-electron chi connectivity index (χ3n) is 3.04. The Hall–Kier alpha value is -1.37. The number of amides is 1. The van der Waals surface area contributed by atoms with Gasteiger partial charge in [0.2, 0.25) is 5.91 Å². The average Bonchev–Trinajstić information content (AvgIpc) is 2.82. The van der Waals surface area contributed by atoms with Crippen LogP contribution in [0, 0.1) is 0 Å². The molecule has 98 valence electrons. The maximum absolute atomic E-state index is 11.7. The number of aromatic nitrogens is 2. The van der Waals surface area contributed by atoms with E-state index in [1.165, 1.54) is 6.20 Å². The minimum Gasteiger partial charge on any atom is -0.352 e. The van der Waals surface area contributed by atoms with Gasteiger partial charge >= 0.3 is 5.69 Å². The second kappa shape index (κ2) is 5.51. The van der Waals surface area contributed by atoms with Gasteiger partial charge in [0, 0.05) is 12.2 Å². The van der Waals surface area contributed by atoms with Gasteiger partial charge in [0.15, 0.2) is 0 Å². The molecule has 18 heavy (non-hydrogen) atoms. The number of nitrogens with one attached hydrogen (secondary N) is 2. The topological polar surface area (TPSA) is 84.0 Å². The zero-order valence-electron chi connectivity index (χ0n) is 9.74. The van der Waals surface area contributed by atoms with Crippen LogP contribution in [0.2, 0.25) is 0 Å². The zero-order valence-corrected chi connectivity index (χ0v) is 11.3. The van der Waals surface area contributed by atoms with Crippen molar-refractivity contribution in [3.63, 3.8) is 0 Å². The molecule has 1 heterocycles. The third kappa shape index (κ3) is 2.90. The summed E-state index contributed by atoms with van der Waals surface area (Å²) < 4.78 is 1.12. The smallest absolute Gasteiger partial charge is 0.328 e. The van der Waals surface area contributed by atoms with E-state index < -0.39 is 11.2 Å². The third-order valence-corrected chi connectivity index (χ3v) is 3.61. The van der Waals surface area contributed by atoms with Gasteiger partial charge in [-0.2, -0.15) is 0 Å². The van der Waals surface area contributed by atoms with Gasteiger partial charge in [-0.05, 0) is 28.8 Å². The van der Waals surface area contributed by atoms with Crippen LogP contribution in [-0.4, -0.2) is 21.5 Å². The largest absolute Gasteiger partial charge is 0.352 e. The second-order valence-corrected chi connectivity index (χ2v) is 5.24. The number of halogens is 1. The molecule has 0 bridgehead atoms. The molecule has 1 aromatic rings. The fourth-order valence-corrected chi connectivity index (χ4v) is 2.45. The Morgan fingerprint density at radius 1 is 1.44 bits per heavy atom. The number of carbonyl (C=O) groups is 1. The van der Waals surface area contributed by atoms with Crippen LogP contribution in [0.5, 0.6) is 0 Å². The summed E-state index contributed by atoms with van der Waals surface area (Å²) in [5.41, 5.74) is -1.08. The first-order chi connectivity index (χ1) is 8.58. The summed E-state index contributed by atoms with van der Waals surface area (Å²) in [6.07, 6.45) is 5.44. The Kier molecular flexibility index (Phi) is 4.00. The Bertz CT molecular complexity index is 557. The summed E-state index contributed by atoms with van der Waals surface area (Å²) in [4.78, 5) is 37.3. The molecule has 0 atom stereocenters. The molecule has 6 nitrogen and oxygen atoms in total. The highest BCUT2D eigenvalue weighted by molar-refractivity contribution is 9.10. The lowest BCUT2D eigenvalue weighted by atomic mass is 10.2. The number of nitrogens with zero attached hydrogens (tertiary/aromatic N) is 1. The molecule has 0 saturated heterocycles. The van der Waals surface area contributed by atoms with Crippen molar-refractivity contribution in [2.75, 3.05) is 0 Å². The van der Waals surface area contributed by atoms with Crippen LogP contribution < -0.4 is 16.6 Å². The van der Waals surface area contributed by atoms with Crippen LogP contribution in [0.1, 0.15) is 25.7 Å². The fourth-order valence-electron chi connectivity index (χ4n) is 2.12. The molecule has 0 unspecified atom stereocenters. The van der Waals surface area contributed by atoms with Crippen molar-refractivity contribution in [3.05, 3.63) is 31.5 Å². The van der Waals surface area contributed by atoms with Crippen LogP contribution in [0.3, 0.4) is 0 Å². The standard InChI is InChI=1S/C11H14BrN3O3/c12-8-5-13-11(18)15(10(8)17)6-9(16)14-7-3-1-2-4-7/h5,7H,1-4,6H2,(H,13,18)(H,14,16). The van der Waals surface area contributed by atoms with Crippen LogP contribution >= 0.6 is 15.9 Å². The van der Waals surface area contributed by atoms with Crippen molar-refractivity contribution >= 4 is 21.8 Å². The van der Waals surface area contributed by atoms with E-state index >= 15 is 0 Å². The summed E-state index contributed by atoms with van der Waals surface area (Å²) in [7, 11) is 0. The van der Waals surface area contributed by atoms with Crippen molar-refractivity contribution in [2.24, 2.45) is 0 Å². The number of aromatic amines is 1. The lowest BCUT2D eigenvalue weighted by Crippen LogP contribution is -2.42. The number of rotatable bonds is 3. The molecule has 0 aliphatic heterocycles. The summed E-state index contributed by atoms with van der Waals surface area (Å²) in [5, 5.41) is 2.83. The van der Waals surface area contributed by atoms with Crippen LogP contribution in [0.25, 0.3) is 0 Å². The lowest BCUT2D eigenvalue weighted by molar-refractivity contribution is -0.122. The van der Waals surface area contributed by atoms with Gasteiger partial charge in [-0.15, -0.1) is 0 Å². The van der Waals surface area contributed by atoms with Crippen molar-refractivity contribution in [1.82, 2.24) is 14.9 Å². The summed E-state index contributed by atoms with van der Waals surface area (Å²) in [6, 6.07) is 0.180. The average molecular weight is 316 g/mol. The van der Waals surface area contributed by atoms with Gasteiger partial charge in [0.1, 0.15) is 6.54 Å². The van der Waals surface area contributed by atoms with Gasteiger partial charge in [0.05, 0.1) is 4.47 Å². The summed E-state index contributed by atoms with van der Waals surface area (Å²) in [5.74, 6) is -0.299. The van der Waals surface area contributed by atoms with Crippen LogP contribution in [0.15, 0.2) is 20.3 Å². The molecular weight excluding hydrogens is 302 g/mol. The highest BCUT2D eigenvalue weighted by atomic mass is 79.9. The predicted octanol–water partition coefficient (Wildman–Crippen LogP) is 0.358. The molecule has 1 aliphatic carbocycles. The monoisotopic (exact) mass is 315 g/mol. The SMILES string of the molecule is O=C(Cn1c(=O)[nH]cc(Br)c1=O)NC1CCCC1. The molecule has 1 fully saturated rings. The highest BCUT2D eigenvalue weighted by Crippen LogP contribution is 2.17. The Balaban J connectivity index is 2.09. The van der Waals surface area contributed by atoms with E-state index in [-0.39, 0.29) is 23.0 Å². The minimum atomic E-state index is -0.579. The maximum Gasteiger partial charge on any atom is 0.328 e. The molecule has 0 aromatic carbocycles. The minimum absolute atomic E-state index is 0.180. The number of hydrogen-bond acceptors (Lipinski definition) is 3. The summed E-state index contributed by atoms with van der Waals surface area (Å²) in [6.45, 7) is -0.246. The van der Waals surface area contributed by atoms with Crippen molar-refractivity contribution < 1.29 is 4.79 Å².